The molecule has 4 bridgehead atoms. The van der Waals surface area contributed by atoms with E-state index >= 15 is 0 Å². The summed E-state index contributed by atoms with van der Waals surface area (Å²) < 4.78 is 0. The average Bonchev–Trinajstić information content (AvgIpc) is 2.25. The molecule has 4 atom stereocenters. The lowest BCUT2D eigenvalue weighted by Gasteiger charge is -2.65. The summed E-state index contributed by atoms with van der Waals surface area (Å²) >= 11 is 0. The lowest BCUT2D eigenvalue weighted by Crippen LogP contribution is -2.67. The van der Waals surface area contributed by atoms with Crippen LogP contribution in [-0.2, 0) is 9.59 Å². The van der Waals surface area contributed by atoms with Gasteiger partial charge in [0.05, 0.1) is 5.41 Å². The van der Waals surface area contributed by atoms with Gasteiger partial charge in [-0.1, -0.05) is 13.3 Å². The standard InChI is InChI=1S/C15H23NO3/c1-3-13-4-11-5-14(7-13,12(18)19)9-15(6-11,8-13)16-10(2)17/h11H,3-9H2,1-2H3,(H,16,17)(H,18,19)/t11-,13-,14-,15-/m1/s1. The highest BCUT2D eigenvalue weighted by atomic mass is 16.4. The number of carbonyl (C=O) groups excluding carboxylic acids is 1. The molecular weight excluding hydrogens is 242 g/mol. The van der Waals surface area contributed by atoms with Gasteiger partial charge in [-0.15, -0.1) is 0 Å². The van der Waals surface area contributed by atoms with Crippen LogP contribution in [0.3, 0.4) is 0 Å². The highest BCUT2D eigenvalue weighted by Crippen LogP contribution is 2.67. The van der Waals surface area contributed by atoms with Crippen LogP contribution in [0.1, 0.15) is 58.8 Å². The van der Waals surface area contributed by atoms with E-state index in [1.54, 1.807) is 6.92 Å². The zero-order valence-electron chi connectivity index (χ0n) is 11.8. The number of carboxylic acids is 1. The molecule has 0 aromatic heterocycles. The van der Waals surface area contributed by atoms with Gasteiger partial charge in [0.15, 0.2) is 0 Å². The molecule has 4 heteroatoms. The first kappa shape index (κ1) is 12.9. The molecule has 4 nitrogen and oxygen atoms in total. The molecular formula is C15H23NO3. The van der Waals surface area contributed by atoms with Crippen molar-refractivity contribution >= 4 is 11.9 Å². The molecule has 4 saturated carbocycles. The maximum absolute atomic E-state index is 11.8. The van der Waals surface area contributed by atoms with Crippen molar-refractivity contribution in [3.05, 3.63) is 0 Å². The quantitative estimate of drug-likeness (QED) is 0.823. The number of nitrogens with one attached hydrogen (secondary N) is 1. The summed E-state index contributed by atoms with van der Waals surface area (Å²) in [5, 5.41) is 12.8. The Morgan fingerprint density at radius 3 is 2.53 bits per heavy atom. The van der Waals surface area contributed by atoms with Gasteiger partial charge in [-0.3, -0.25) is 9.59 Å². The Hall–Kier alpha value is -1.06. The lowest BCUT2D eigenvalue weighted by molar-refractivity contribution is -0.182. The fourth-order valence-electron chi connectivity index (χ4n) is 5.78. The maximum atomic E-state index is 11.8. The number of carbonyl (C=O) groups is 2. The summed E-state index contributed by atoms with van der Waals surface area (Å²) in [6.45, 7) is 3.72. The second kappa shape index (κ2) is 3.74. The monoisotopic (exact) mass is 265 g/mol. The lowest BCUT2D eigenvalue weighted by atomic mass is 9.41. The molecule has 0 spiro atoms. The maximum Gasteiger partial charge on any atom is 0.309 e. The van der Waals surface area contributed by atoms with Crippen molar-refractivity contribution in [2.24, 2.45) is 16.7 Å². The topological polar surface area (TPSA) is 66.4 Å². The fourth-order valence-corrected chi connectivity index (χ4v) is 5.78. The minimum atomic E-state index is -0.649. The Bertz CT molecular complexity index is 449. The Kier molecular flexibility index (Phi) is 2.55. The van der Waals surface area contributed by atoms with Gasteiger partial charge in [-0.2, -0.15) is 0 Å². The van der Waals surface area contributed by atoms with E-state index in [4.69, 9.17) is 0 Å². The number of rotatable bonds is 3. The Morgan fingerprint density at radius 2 is 1.95 bits per heavy atom. The van der Waals surface area contributed by atoms with Crippen molar-refractivity contribution in [1.82, 2.24) is 5.32 Å². The van der Waals surface area contributed by atoms with Gasteiger partial charge in [0.25, 0.3) is 0 Å². The van der Waals surface area contributed by atoms with Crippen molar-refractivity contribution in [1.29, 1.82) is 0 Å². The molecule has 4 rings (SSSR count). The molecule has 4 aliphatic rings. The Labute approximate surface area is 113 Å². The Balaban J connectivity index is 2.01. The minimum absolute atomic E-state index is 0.0197. The normalized spacial score (nSPS) is 47.2. The molecule has 0 heterocycles. The predicted molar refractivity (Wildman–Crippen MR) is 70.5 cm³/mol. The number of hydrogen-bond acceptors (Lipinski definition) is 2. The molecule has 0 saturated heterocycles. The van der Waals surface area contributed by atoms with E-state index in [2.05, 4.69) is 12.2 Å². The molecule has 0 aromatic rings. The van der Waals surface area contributed by atoms with E-state index in [1.165, 1.54) is 0 Å². The van der Waals surface area contributed by atoms with Crippen LogP contribution in [0.25, 0.3) is 0 Å². The number of aliphatic carboxylic acids is 1. The second-order valence-corrected chi connectivity index (χ2v) is 7.41. The fraction of sp³-hybridized carbons (Fsp3) is 0.867. The van der Waals surface area contributed by atoms with Crippen molar-refractivity contribution in [2.75, 3.05) is 0 Å². The molecule has 4 fully saturated rings. The van der Waals surface area contributed by atoms with Gasteiger partial charge < -0.3 is 10.4 Å². The summed E-state index contributed by atoms with van der Waals surface area (Å²) in [7, 11) is 0. The van der Waals surface area contributed by atoms with E-state index in [9.17, 15) is 14.7 Å². The van der Waals surface area contributed by atoms with Gasteiger partial charge in [-0.05, 0) is 49.9 Å². The molecule has 106 valence electrons. The molecule has 0 aliphatic heterocycles. The van der Waals surface area contributed by atoms with Crippen molar-refractivity contribution in [2.45, 2.75) is 64.3 Å². The zero-order valence-corrected chi connectivity index (χ0v) is 11.8. The summed E-state index contributed by atoms with van der Waals surface area (Å²) in [6, 6.07) is 0. The van der Waals surface area contributed by atoms with Crippen LogP contribution in [0.4, 0.5) is 0 Å². The van der Waals surface area contributed by atoms with E-state index in [0.717, 1.165) is 38.5 Å². The van der Waals surface area contributed by atoms with Gasteiger partial charge in [-0.25, -0.2) is 0 Å². The van der Waals surface area contributed by atoms with Crippen LogP contribution in [0.5, 0.6) is 0 Å². The highest BCUT2D eigenvalue weighted by Gasteiger charge is 2.65. The summed E-state index contributed by atoms with van der Waals surface area (Å²) in [4.78, 5) is 23.4. The Morgan fingerprint density at radius 1 is 1.21 bits per heavy atom. The van der Waals surface area contributed by atoms with E-state index in [-0.39, 0.29) is 16.9 Å². The molecule has 0 unspecified atom stereocenters. The van der Waals surface area contributed by atoms with Gasteiger partial charge in [0.1, 0.15) is 0 Å². The molecule has 2 N–H and O–H groups in total. The van der Waals surface area contributed by atoms with Gasteiger partial charge in [0, 0.05) is 12.5 Å². The van der Waals surface area contributed by atoms with E-state index in [1.807, 2.05) is 0 Å². The third-order valence-corrected chi connectivity index (χ3v) is 5.83. The summed E-state index contributed by atoms with van der Waals surface area (Å²) in [5.74, 6) is -0.197. The number of carboxylic acid groups (broad SMARTS) is 1. The van der Waals surface area contributed by atoms with Gasteiger partial charge >= 0.3 is 5.97 Å². The summed E-state index contributed by atoms with van der Waals surface area (Å²) in [6.07, 6.45) is 6.38. The number of amides is 1. The van der Waals surface area contributed by atoms with Gasteiger partial charge in [0.2, 0.25) is 5.91 Å². The minimum Gasteiger partial charge on any atom is -0.481 e. The first-order valence-electron chi connectivity index (χ1n) is 7.35. The molecule has 4 aliphatic carbocycles. The van der Waals surface area contributed by atoms with E-state index in [0.29, 0.717) is 12.3 Å². The predicted octanol–water partition coefficient (Wildman–Crippen LogP) is 2.33. The largest absolute Gasteiger partial charge is 0.481 e. The molecule has 0 radical (unpaired) electrons. The van der Waals surface area contributed by atoms with E-state index < -0.39 is 11.4 Å². The third kappa shape index (κ3) is 1.79. The van der Waals surface area contributed by atoms with Crippen LogP contribution >= 0.6 is 0 Å². The smallest absolute Gasteiger partial charge is 0.309 e. The SMILES string of the molecule is CC[C@]12C[C@H]3C[C@@](NC(C)=O)(C1)C[C@@](C(=O)O)(C3)C2. The van der Waals surface area contributed by atoms with Crippen molar-refractivity contribution in [3.63, 3.8) is 0 Å². The second-order valence-electron chi connectivity index (χ2n) is 7.41. The van der Waals surface area contributed by atoms with Crippen LogP contribution in [0.15, 0.2) is 0 Å². The molecule has 19 heavy (non-hydrogen) atoms. The van der Waals surface area contributed by atoms with Crippen LogP contribution in [-0.4, -0.2) is 22.5 Å². The van der Waals surface area contributed by atoms with Crippen LogP contribution < -0.4 is 5.32 Å². The zero-order chi connectivity index (χ0) is 13.9. The number of hydrogen-bond donors (Lipinski definition) is 2. The first-order valence-corrected chi connectivity index (χ1v) is 7.35. The first-order chi connectivity index (χ1) is 8.83. The average molecular weight is 265 g/mol. The third-order valence-electron chi connectivity index (χ3n) is 5.83. The molecule has 1 amide bonds. The van der Waals surface area contributed by atoms with Crippen molar-refractivity contribution < 1.29 is 14.7 Å². The summed E-state index contributed by atoms with van der Waals surface area (Å²) in [5.41, 5.74) is -0.697. The molecule has 0 aromatic carbocycles. The van der Waals surface area contributed by atoms with Crippen LogP contribution in [0, 0.1) is 16.7 Å². The van der Waals surface area contributed by atoms with Crippen molar-refractivity contribution in [3.8, 4) is 0 Å². The highest BCUT2D eigenvalue weighted by molar-refractivity contribution is 5.77. The van der Waals surface area contributed by atoms with Crippen LogP contribution in [0.2, 0.25) is 0 Å².